The standard InChI is InChI=1S/C14H13F2N5S2/c1-9-3-2-4-10(7-9)18-13-19-20-14(23-13)22-8-11-17-5-6-21(11)12(15)16/h2-7,12H,8H2,1H3,(H,18,19). The van der Waals surface area contributed by atoms with E-state index < -0.39 is 6.55 Å². The molecular weight excluding hydrogens is 340 g/mol. The number of rotatable bonds is 6. The highest BCUT2D eigenvalue weighted by atomic mass is 32.2. The Morgan fingerprint density at radius 1 is 1.35 bits per heavy atom. The second kappa shape index (κ2) is 7.05. The van der Waals surface area contributed by atoms with Gasteiger partial charge in [-0.05, 0) is 24.6 Å². The molecule has 5 nitrogen and oxygen atoms in total. The van der Waals surface area contributed by atoms with Gasteiger partial charge < -0.3 is 5.32 Å². The summed E-state index contributed by atoms with van der Waals surface area (Å²) in [5.74, 6) is 0.629. The molecule has 1 aromatic carbocycles. The van der Waals surface area contributed by atoms with E-state index in [2.05, 4.69) is 20.5 Å². The molecule has 9 heteroatoms. The molecule has 3 aromatic rings. The molecule has 2 heterocycles. The van der Waals surface area contributed by atoms with Gasteiger partial charge in [0.15, 0.2) is 4.34 Å². The van der Waals surface area contributed by atoms with Gasteiger partial charge in [-0.15, -0.1) is 10.2 Å². The first-order valence-corrected chi connectivity index (χ1v) is 8.52. The Labute approximate surface area is 139 Å². The number of benzene rings is 1. The Hall–Kier alpha value is -2.00. The van der Waals surface area contributed by atoms with Crippen molar-refractivity contribution in [3.63, 3.8) is 0 Å². The quantitative estimate of drug-likeness (QED) is 0.663. The van der Waals surface area contributed by atoms with Crippen molar-refractivity contribution in [3.8, 4) is 0 Å². The van der Waals surface area contributed by atoms with Crippen LogP contribution in [0, 0.1) is 6.92 Å². The third kappa shape index (κ3) is 4.05. The van der Waals surface area contributed by atoms with Gasteiger partial charge in [0.1, 0.15) is 5.82 Å². The molecule has 0 saturated carbocycles. The molecule has 0 aliphatic carbocycles. The fourth-order valence-electron chi connectivity index (χ4n) is 1.92. The largest absolute Gasteiger partial charge is 0.330 e. The molecule has 120 valence electrons. The molecule has 0 unspecified atom stereocenters. The van der Waals surface area contributed by atoms with Crippen molar-refractivity contribution in [2.75, 3.05) is 5.32 Å². The van der Waals surface area contributed by atoms with Gasteiger partial charge in [-0.3, -0.25) is 4.57 Å². The number of aryl methyl sites for hydroxylation is 1. The molecule has 0 spiro atoms. The van der Waals surface area contributed by atoms with Gasteiger partial charge in [0.2, 0.25) is 5.13 Å². The van der Waals surface area contributed by atoms with Gasteiger partial charge in [0.25, 0.3) is 0 Å². The van der Waals surface area contributed by atoms with E-state index in [0.717, 1.165) is 15.8 Å². The van der Waals surface area contributed by atoms with E-state index in [9.17, 15) is 8.78 Å². The summed E-state index contributed by atoms with van der Waals surface area (Å²) in [6, 6.07) is 7.92. The van der Waals surface area contributed by atoms with Gasteiger partial charge in [-0.2, -0.15) is 8.78 Å². The van der Waals surface area contributed by atoms with Crippen LogP contribution in [0.1, 0.15) is 17.9 Å². The van der Waals surface area contributed by atoms with Gasteiger partial charge in [-0.1, -0.05) is 35.2 Å². The number of hydrogen-bond acceptors (Lipinski definition) is 6. The maximum absolute atomic E-state index is 12.7. The molecule has 0 amide bonds. The van der Waals surface area contributed by atoms with Crippen LogP contribution in [0.5, 0.6) is 0 Å². The molecule has 0 saturated heterocycles. The Kier molecular flexibility index (Phi) is 4.87. The molecule has 0 fully saturated rings. The Morgan fingerprint density at radius 2 is 2.22 bits per heavy atom. The average Bonchev–Trinajstić information content (AvgIpc) is 3.14. The van der Waals surface area contributed by atoms with E-state index in [1.54, 1.807) is 0 Å². The third-order valence-electron chi connectivity index (χ3n) is 2.96. The Bertz CT molecular complexity index is 787. The van der Waals surface area contributed by atoms with E-state index in [1.165, 1.54) is 35.5 Å². The first-order chi connectivity index (χ1) is 11.1. The molecule has 0 radical (unpaired) electrons. The van der Waals surface area contributed by atoms with E-state index >= 15 is 0 Å². The molecule has 0 aliphatic rings. The van der Waals surface area contributed by atoms with E-state index in [-0.39, 0.29) is 0 Å². The number of aromatic nitrogens is 4. The first-order valence-electron chi connectivity index (χ1n) is 6.71. The smallest absolute Gasteiger partial charge is 0.319 e. The lowest BCUT2D eigenvalue weighted by Gasteiger charge is -2.04. The first kappa shape index (κ1) is 15.9. The fourth-order valence-corrected chi connectivity index (χ4v) is 3.65. The molecule has 1 N–H and O–H groups in total. The second-order valence-corrected chi connectivity index (χ2v) is 6.88. The summed E-state index contributed by atoms with van der Waals surface area (Å²) >= 11 is 2.71. The maximum Gasteiger partial charge on any atom is 0.319 e. The molecule has 0 aliphatic heterocycles. The van der Waals surface area contributed by atoms with Crippen LogP contribution in [0.2, 0.25) is 0 Å². The third-order valence-corrected chi connectivity index (χ3v) is 4.93. The SMILES string of the molecule is Cc1cccc(Nc2nnc(SCc3nccn3C(F)F)s2)c1. The number of halogens is 2. The second-order valence-electron chi connectivity index (χ2n) is 4.68. The molecule has 3 rings (SSSR count). The Morgan fingerprint density at radius 3 is 3.00 bits per heavy atom. The van der Waals surface area contributed by atoms with Gasteiger partial charge >= 0.3 is 6.55 Å². The van der Waals surface area contributed by atoms with Crippen LogP contribution in [0.25, 0.3) is 0 Å². The van der Waals surface area contributed by atoms with Crippen LogP contribution in [0.3, 0.4) is 0 Å². The summed E-state index contributed by atoms with van der Waals surface area (Å²) in [6.45, 7) is -0.571. The highest BCUT2D eigenvalue weighted by molar-refractivity contribution is 8.00. The van der Waals surface area contributed by atoms with E-state index in [0.29, 0.717) is 21.0 Å². The zero-order valence-corrected chi connectivity index (χ0v) is 13.7. The lowest BCUT2D eigenvalue weighted by atomic mass is 10.2. The molecule has 23 heavy (non-hydrogen) atoms. The number of thioether (sulfide) groups is 1. The summed E-state index contributed by atoms with van der Waals surface area (Å²) in [6.07, 6.45) is 2.64. The van der Waals surface area contributed by atoms with Crippen molar-refractivity contribution >= 4 is 33.9 Å². The summed E-state index contributed by atoms with van der Waals surface area (Å²) in [4.78, 5) is 3.94. The molecule has 2 aromatic heterocycles. The van der Waals surface area contributed by atoms with Crippen molar-refractivity contribution < 1.29 is 8.78 Å². The van der Waals surface area contributed by atoms with Crippen molar-refractivity contribution in [2.45, 2.75) is 23.6 Å². The van der Waals surface area contributed by atoms with Crippen LogP contribution >= 0.6 is 23.1 Å². The van der Waals surface area contributed by atoms with E-state index in [4.69, 9.17) is 0 Å². The predicted molar refractivity (Wildman–Crippen MR) is 87.4 cm³/mol. The number of alkyl halides is 2. The van der Waals surface area contributed by atoms with Crippen LogP contribution < -0.4 is 5.32 Å². The van der Waals surface area contributed by atoms with Crippen molar-refractivity contribution in [1.82, 2.24) is 19.7 Å². The van der Waals surface area contributed by atoms with E-state index in [1.807, 2.05) is 31.2 Å². The maximum atomic E-state index is 12.7. The lowest BCUT2D eigenvalue weighted by Crippen LogP contribution is -2.01. The zero-order chi connectivity index (χ0) is 16.2. The van der Waals surface area contributed by atoms with Crippen LogP contribution in [-0.2, 0) is 5.75 Å². The summed E-state index contributed by atoms with van der Waals surface area (Å²) in [7, 11) is 0. The van der Waals surface area contributed by atoms with Gasteiger partial charge in [-0.25, -0.2) is 4.98 Å². The lowest BCUT2D eigenvalue weighted by molar-refractivity contribution is 0.0678. The number of nitrogens with zero attached hydrogens (tertiary/aromatic N) is 4. The number of imidazole rings is 1. The predicted octanol–water partition coefficient (Wildman–Crippen LogP) is 4.47. The minimum atomic E-state index is -2.58. The zero-order valence-electron chi connectivity index (χ0n) is 12.1. The number of hydrogen-bond donors (Lipinski definition) is 1. The molecule has 0 bridgehead atoms. The van der Waals surface area contributed by atoms with Crippen LogP contribution in [0.15, 0.2) is 41.0 Å². The Balaban J connectivity index is 1.62. The minimum absolute atomic E-state index is 0.313. The van der Waals surface area contributed by atoms with Gasteiger partial charge in [0.05, 0.1) is 5.75 Å². The van der Waals surface area contributed by atoms with Crippen LogP contribution in [0.4, 0.5) is 19.6 Å². The summed E-state index contributed by atoms with van der Waals surface area (Å²) < 4.78 is 27.0. The monoisotopic (exact) mass is 353 g/mol. The average molecular weight is 353 g/mol. The summed E-state index contributed by atoms with van der Waals surface area (Å²) in [5, 5.41) is 12.0. The van der Waals surface area contributed by atoms with Crippen LogP contribution in [-0.4, -0.2) is 19.7 Å². The minimum Gasteiger partial charge on any atom is -0.330 e. The summed E-state index contributed by atoms with van der Waals surface area (Å²) in [5.41, 5.74) is 2.08. The highest BCUT2D eigenvalue weighted by Crippen LogP contribution is 2.30. The molecule has 0 atom stereocenters. The number of anilines is 2. The van der Waals surface area contributed by atoms with Crippen molar-refractivity contribution in [3.05, 3.63) is 48.0 Å². The van der Waals surface area contributed by atoms with Gasteiger partial charge in [0, 0.05) is 18.1 Å². The molecular formula is C14H13F2N5S2. The van der Waals surface area contributed by atoms with Crippen molar-refractivity contribution in [2.24, 2.45) is 0 Å². The van der Waals surface area contributed by atoms with Crippen molar-refractivity contribution in [1.29, 1.82) is 0 Å². The fraction of sp³-hybridized carbons (Fsp3) is 0.214. The highest BCUT2D eigenvalue weighted by Gasteiger charge is 2.13. The topological polar surface area (TPSA) is 55.6 Å². The normalized spacial score (nSPS) is 11.1. The number of nitrogens with one attached hydrogen (secondary N) is 1.